The van der Waals surface area contributed by atoms with E-state index >= 15 is 0 Å². The molecule has 1 heterocycles. The van der Waals surface area contributed by atoms with E-state index in [4.69, 9.17) is 33.3 Å². The molecule has 142 valence electrons. The average molecular weight is 463 g/mol. The number of hydrogen-bond acceptors (Lipinski definition) is 4. The van der Waals surface area contributed by atoms with Crippen molar-refractivity contribution in [3.8, 4) is 11.6 Å². The highest BCUT2D eigenvalue weighted by Gasteiger charge is 2.15. The van der Waals surface area contributed by atoms with Crippen molar-refractivity contribution < 1.29 is 9.94 Å². The maximum Gasteiger partial charge on any atom is 0.239 e. The number of aryl methyl sites for hydroxylation is 1. The van der Waals surface area contributed by atoms with Crippen molar-refractivity contribution in [3.63, 3.8) is 0 Å². The third kappa shape index (κ3) is 5.63. The van der Waals surface area contributed by atoms with E-state index in [1.807, 2.05) is 0 Å². The van der Waals surface area contributed by atoms with E-state index in [1.54, 1.807) is 18.2 Å². The number of nitrogens with one attached hydrogen (secondary N) is 1. The van der Waals surface area contributed by atoms with E-state index in [2.05, 4.69) is 27.8 Å². The Morgan fingerprint density at radius 2 is 1.88 bits per heavy atom. The first-order valence-corrected chi connectivity index (χ1v) is 10.2. The van der Waals surface area contributed by atoms with Gasteiger partial charge < -0.3 is 9.94 Å². The summed E-state index contributed by atoms with van der Waals surface area (Å²) in [5.74, 6) is 0.948. The molecule has 5 nitrogen and oxygen atoms in total. The number of nitrogens with zero attached hydrogens (tertiary/aromatic N) is 2. The first-order valence-electron chi connectivity index (χ1n) is 8.62. The molecule has 0 aliphatic rings. The molecule has 0 spiro atoms. The summed E-state index contributed by atoms with van der Waals surface area (Å²) in [6, 6.07) is 4.86. The number of halogens is 3. The second-order valence-electron chi connectivity index (χ2n) is 6.00. The molecule has 0 unspecified atom stereocenters. The third-order valence-corrected chi connectivity index (χ3v) is 5.18. The summed E-state index contributed by atoms with van der Waals surface area (Å²) in [4.78, 5) is 4.36. The lowest BCUT2D eigenvalue weighted by molar-refractivity contribution is 0.152. The lowest BCUT2D eigenvalue weighted by Gasteiger charge is -2.13. The summed E-state index contributed by atoms with van der Waals surface area (Å²) in [5, 5.41) is 19.0. The Hall–Kier alpha value is -1.24. The third-order valence-electron chi connectivity index (χ3n) is 3.94. The molecule has 1 aromatic heterocycles. The molecule has 0 aliphatic heterocycles. The molecule has 2 aromatic rings. The monoisotopic (exact) mass is 461 g/mol. The molecule has 0 fully saturated rings. The second kappa shape index (κ2) is 10.2. The molecule has 0 saturated carbocycles. The van der Waals surface area contributed by atoms with Crippen LogP contribution in [0.25, 0.3) is 0 Å². The zero-order valence-electron chi connectivity index (χ0n) is 14.6. The van der Waals surface area contributed by atoms with Crippen LogP contribution in [0, 0.1) is 5.41 Å². The van der Waals surface area contributed by atoms with E-state index in [9.17, 15) is 5.21 Å². The maximum absolute atomic E-state index is 10.1. The van der Waals surface area contributed by atoms with Crippen LogP contribution in [0.3, 0.4) is 0 Å². The quantitative estimate of drug-likeness (QED) is 0.336. The van der Waals surface area contributed by atoms with Gasteiger partial charge in [-0.15, -0.1) is 0 Å². The number of unbranched alkanes of at least 4 members (excludes halogenated alkanes) is 5. The Bertz CT molecular complexity index is 812. The van der Waals surface area contributed by atoms with Crippen LogP contribution in [0.4, 0.5) is 0 Å². The van der Waals surface area contributed by atoms with Crippen molar-refractivity contribution >= 4 is 39.1 Å². The summed E-state index contributed by atoms with van der Waals surface area (Å²) >= 11 is 15.3. The molecule has 0 aliphatic carbocycles. The number of aromatic nitrogens is 2. The van der Waals surface area contributed by atoms with Crippen LogP contribution in [0.15, 0.2) is 22.7 Å². The summed E-state index contributed by atoms with van der Waals surface area (Å²) in [7, 11) is 0. The highest BCUT2D eigenvalue weighted by molar-refractivity contribution is 9.10. The van der Waals surface area contributed by atoms with E-state index in [-0.39, 0.29) is 15.8 Å². The normalized spacial score (nSPS) is 10.9. The fraction of sp³-hybridized carbons (Fsp3) is 0.444. The average Bonchev–Trinajstić information content (AvgIpc) is 2.61. The van der Waals surface area contributed by atoms with Gasteiger partial charge in [0.1, 0.15) is 10.2 Å². The van der Waals surface area contributed by atoms with Gasteiger partial charge in [-0.05, 0) is 40.5 Å². The molecule has 2 rings (SSSR count). The minimum Gasteiger partial charge on any atom is -0.436 e. The Kier molecular flexibility index (Phi) is 8.25. The molecule has 0 amide bonds. The standard InChI is InChI=1S/C18H22BrCl2N3O2/c1-2-3-4-5-6-7-8-15-23-18(16(19)17(22)24(15)25)26-14-10-9-12(20)11-13(14)21/h9-11,22,25H,2-8H2,1H3. The molecule has 2 N–H and O–H groups in total. The Balaban J connectivity index is 2.14. The topological polar surface area (TPSA) is 71.1 Å². The van der Waals surface area contributed by atoms with Gasteiger partial charge in [0.05, 0.1) is 5.02 Å². The minimum absolute atomic E-state index is 0.124. The largest absolute Gasteiger partial charge is 0.436 e. The molecular formula is C18H22BrCl2N3O2. The van der Waals surface area contributed by atoms with Gasteiger partial charge in [-0.1, -0.05) is 62.2 Å². The number of ether oxygens (including phenoxy) is 1. The van der Waals surface area contributed by atoms with Crippen LogP contribution in [0.1, 0.15) is 51.3 Å². The maximum atomic E-state index is 10.1. The van der Waals surface area contributed by atoms with Crippen molar-refractivity contribution in [2.24, 2.45) is 0 Å². The van der Waals surface area contributed by atoms with E-state index < -0.39 is 0 Å². The molecule has 0 atom stereocenters. The Morgan fingerprint density at radius 3 is 2.58 bits per heavy atom. The van der Waals surface area contributed by atoms with Gasteiger partial charge in [-0.3, -0.25) is 5.41 Å². The van der Waals surface area contributed by atoms with Gasteiger partial charge in [-0.25, -0.2) is 0 Å². The van der Waals surface area contributed by atoms with Crippen LogP contribution in [-0.2, 0) is 6.42 Å². The van der Waals surface area contributed by atoms with Crippen LogP contribution in [0.5, 0.6) is 11.6 Å². The fourth-order valence-electron chi connectivity index (χ4n) is 2.49. The van der Waals surface area contributed by atoms with Gasteiger partial charge in [0.15, 0.2) is 11.3 Å². The molecule has 0 bridgehead atoms. The number of hydrogen-bond donors (Lipinski definition) is 2. The fourth-order valence-corrected chi connectivity index (χ4v) is 3.28. The predicted molar refractivity (Wildman–Crippen MR) is 107 cm³/mol. The minimum atomic E-state index is -0.124. The zero-order chi connectivity index (χ0) is 19.1. The summed E-state index contributed by atoms with van der Waals surface area (Å²) in [6.07, 6.45) is 7.34. The molecule has 0 radical (unpaired) electrons. The van der Waals surface area contributed by atoms with Gasteiger partial charge in [-0.2, -0.15) is 9.71 Å². The van der Waals surface area contributed by atoms with Crippen molar-refractivity contribution in [1.82, 2.24) is 9.71 Å². The molecule has 26 heavy (non-hydrogen) atoms. The second-order valence-corrected chi connectivity index (χ2v) is 7.64. The Morgan fingerprint density at radius 1 is 1.19 bits per heavy atom. The van der Waals surface area contributed by atoms with Crippen LogP contribution in [-0.4, -0.2) is 14.9 Å². The van der Waals surface area contributed by atoms with Crippen molar-refractivity contribution in [2.45, 2.75) is 51.9 Å². The highest BCUT2D eigenvalue weighted by atomic mass is 79.9. The number of benzene rings is 1. The van der Waals surface area contributed by atoms with E-state index in [0.29, 0.717) is 28.0 Å². The lowest BCUT2D eigenvalue weighted by Crippen LogP contribution is -2.24. The first-order chi connectivity index (χ1) is 12.4. The predicted octanol–water partition coefficient (Wildman–Crippen LogP) is 6.36. The molecular weight excluding hydrogens is 441 g/mol. The lowest BCUT2D eigenvalue weighted by atomic mass is 10.1. The summed E-state index contributed by atoms with van der Waals surface area (Å²) in [5.41, 5.74) is -0.124. The van der Waals surface area contributed by atoms with Gasteiger partial charge >= 0.3 is 0 Å². The van der Waals surface area contributed by atoms with Crippen molar-refractivity contribution in [3.05, 3.63) is 44.0 Å². The van der Waals surface area contributed by atoms with E-state index in [0.717, 1.165) is 24.0 Å². The summed E-state index contributed by atoms with van der Waals surface area (Å²) in [6.45, 7) is 2.19. The molecule has 1 aromatic carbocycles. The van der Waals surface area contributed by atoms with Crippen LogP contribution < -0.4 is 10.2 Å². The van der Waals surface area contributed by atoms with E-state index in [1.165, 1.54) is 19.3 Å². The number of rotatable bonds is 9. The molecule has 8 heteroatoms. The van der Waals surface area contributed by atoms with Gasteiger partial charge in [0.25, 0.3) is 0 Å². The Labute approximate surface area is 171 Å². The summed E-state index contributed by atoms with van der Waals surface area (Å²) < 4.78 is 6.77. The zero-order valence-corrected chi connectivity index (χ0v) is 17.7. The van der Waals surface area contributed by atoms with Crippen LogP contribution in [0.2, 0.25) is 10.0 Å². The van der Waals surface area contributed by atoms with Gasteiger partial charge in [0.2, 0.25) is 5.88 Å². The van der Waals surface area contributed by atoms with Gasteiger partial charge in [0, 0.05) is 11.4 Å². The first kappa shape index (κ1) is 21.1. The smallest absolute Gasteiger partial charge is 0.239 e. The van der Waals surface area contributed by atoms with Crippen molar-refractivity contribution in [1.29, 1.82) is 5.41 Å². The van der Waals surface area contributed by atoms with Crippen LogP contribution >= 0.6 is 39.1 Å². The van der Waals surface area contributed by atoms with Crippen molar-refractivity contribution in [2.75, 3.05) is 0 Å². The highest BCUT2D eigenvalue weighted by Crippen LogP contribution is 2.33. The SMILES string of the molecule is CCCCCCCCc1nc(Oc2ccc(Cl)cc2Cl)c(Br)c(=N)n1O. The molecule has 0 saturated heterocycles.